The minimum atomic E-state index is -0.683. The van der Waals surface area contributed by atoms with E-state index in [1.54, 1.807) is 0 Å². The van der Waals surface area contributed by atoms with Crippen molar-refractivity contribution < 1.29 is 9.90 Å². The van der Waals surface area contributed by atoms with Gasteiger partial charge in [0.15, 0.2) is 0 Å². The number of carboxylic acid groups (broad SMARTS) is 1. The first-order valence-corrected chi connectivity index (χ1v) is 6.20. The summed E-state index contributed by atoms with van der Waals surface area (Å²) < 4.78 is 2.07. The van der Waals surface area contributed by atoms with E-state index in [1.807, 2.05) is 27.1 Å². The van der Waals surface area contributed by atoms with Gasteiger partial charge in [0.05, 0.1) is 5.92 Å². The van der Waals surface area contributed by atoms with E-state index in [2.05, 4.69) is 28.8 Å². The molecule has 1 aliphatic rings. The summed E-state index contributed by atoms with van der Waals surface area (Å²) in [5.74, 6) is -0.804. The van der Waals surface area contributed by atoms with E-state index >= 15 is 0 Å². The summed E-state index contributed by atoms with van der Waals surface area (Å²) in [5, 5.41) is 10.4. The van der Waals surface area contributed by atoms with Crippen LogP contribution in [0.15, 0.2) is 30.5 Å². The lowest BCUT2D eigenvalue weighted by atomic mass is 10.0. The molecule has 0 amide bonds. The van der Waals surface area contributed by atoms with Gasteiger partial charge in [0, 0.05) is 24.7 Å². The number of aromatic nitrogens is 1. The number of aliphatic carboxylic acids is 1. The van der Waals surface area contributed by atoms with Crippen molar-refractivity contribution in [2.45, 2.75) is 19.8 Å². The predicted octanol–water partition coefficient (Wildman–Crippen LogP) is 3.00. The lowest BCUT2D eigenvalue weighted by Crippen LogP contribution is -2.03. The summed E-state index contributed by atoms with van der Waals surface area (Å²) in [6.07, 6.45) is 2.03. The number of benzene rings is 1. The lowest BCUT2D eigenvalue weighted by Gasteiger charge is -2.04. The topological polar surface area (TPSA) is 42.2 Å². The Hall–Kier alpha value is -1.77. The Balaban J connectivity index is 2.06. The third-order valence-electron chi connectivity index (χ3n) is 4.36. The van der Waals surface area contributed by atoms with Crippen molar-refractivity contribution in [2.75, 3.05) is 0 Å². The van der Waals surface area contributed by atoms with Crippen LogP contribution in [0.3, 0.4) is 0 Å². The number of rotatable bonds is 2. The standard InChI is InChI=1S/C15H17NO2/c1-15(2)12(13(15)14(17)18)10-5-4-9-6-7-16(3)11(9)8-10/h4-8,12-13H,1-3H3,(H,17,18)/t12-,13+/m0/s1. The molecule has 1 saturated carbocycles. The zero-order chi connectivity index (χ0) is 13.1. The summed E-state index contributed by atoms with van der Waals surface area (Å²) in [6, 6.07) is 8.35. The SMILES string of the molecule is Cn1ccc2ccc([C@H]3[C@H](C(=O)O)C3(C)C)cc21. The van der Waals surface area contributed by atoms with Crippen LogP contribution in [-0.4, -0.2) is 15.6 Å². The summed E-state index contributed by atoms with van der Waals surface area (Å²) in [6.45, 7) is 4.07. The normalized spacial score (nSPS) is 25.3. The van der Waals surface area contributed by atoms with Crippen LogP contribution in [0.1, 0.15) is 25.3 Å². The largest absolute Gasteiger partial charge is 0.481 e. The molecule has 1 aromatic heterocycles. The molecular formula is C15H17NO2. The molecule has 3 heteroatoms. The predicted molar refractivity (Wildman–Crippen MR) is 70.6 cm³/mol. The van der Waals surface area contributed by atoms with Gasteiger partial charge in [0.25, 0.3) is 0 Å². The molecule has 1 aromatic carbocycles. The molecule has 2 atom stereocenters. The van der Waals surface area contributed by atoms with Crippen LogP contribution in [0, 0.1) is 11.3 Å². The fraction of sp³-hybridized carbons (Fsp3) is 0.400. The molecular weight excluding hydrogens is 226 g/mol. The summed E-state index contributed by atoms with van der Waals surface area (Å²) in [4.78, 5) is 11.2. The summed E-state index contributed by atoms with van der Waals surface area (Å²) >= 11 is 0. The van der Waals surface area contributed by atoms with Gasteiger partial charge in [-0.1, -0.05) is 26.0 Å². The van der Waals surface area contributed by atoms with Crippen LogP contribution in [0.25, 0.3) is 10.9 Å². The van der Waals surface area contributed by atoms with E-state index in [0.717, 1.165) is 5.56 Å². The van der Waals surface area contributed by atoms with Gasteiger partial charge in [-0.15, -0.1) is 0 Å². The smallest absolute Gasteiger partial charge is 0.307 e. The van der Waals surface area contributed by atoms with Crippen molar-refractivity contribution in [3.63, 3.8) is 0 Å². The summed E-state index contributed by atoms with van der Waals surface area (Å²) in [5.41, 5.74) is 2.17. The Bertz CT molecular complexity index is 639. The van der Waals surface area contributed by atoms with Crippen molar-refractivity contribution >= 4 is 16.9 Å². The Kier molecular flexibility index (Phi) is 2.12. The van der Waals surface area contributed by atoms with Crippen molar-refractivity contribution in [2.24, 2.45) is 18.4 Å². The second-order valence-electron chi connectivity index (χ2n) is 5.86. The first-order valence-electron chi connectivity index (χ1n) is 6.20. The molecule has 1 heterocycles. The monoisotopic (exact) mass is 243 g/mol. The van der Waals surface area contributed by atoms with Crippen molar-refractivity contribution in [1.82, 2.24) is 4.57 Å². The molecule has 1 fully saturated rings. The van der Waals surface area contributed by atoms with Gasteiger partial charge in [-0.05, 0) is 28.5 Å². The van der Waals surface area contributed by atoms with Crippen LogP contribution in [0.2, 0.25) is 0 Å². The zero-order valence-corrected chi connectivity index (χ0v) is 10.8. The minimum Gasteiger partial charge on any atom is -0.481 e. The molecule has 0 aliphatic heterocycles. The number of aryl methyl sites for hydroxylation is 1. The van der Waals surface area contributed by atoms with Crippen molar-refractivity contribution in [3.8, 4) is 0 Å². The van der Waals surface area contributed by atoms with E-state index in [9.17, 15) is 9.90 Å². The molecule has 3 nitrogen and oxygen atoms in total. The Morgan fingerprint density at radius 2 is 2.06 bits per heavy atom. The van der Waals surface area contributed by atoms with Crippen molar-refractivity contribution in [1.29, 1.82) is 0 Å². The van der Waals surface area contributed by atoms with Gasteiger partial charge in [-0.3, -0.25) is 4.79 Å². The second kappa shape index (κ2) is 3.37. The highest BCUT2D eigenvalue weighted by molar-refractivity contribution is 5.83. The van der Waals surface area contributed by atoms with Gasteiger partial charge in [0.1, 0.15) is 0 Å². The number of carbonyl (C=O) groups is 1. The maximum atomic E-state index is 11.2. The highest BCUT2D eigenvalue weighted by atomic mass is 16.4. The Morgan fingerprint density at radius 3 is 2.67 bits per heavy atom. The van der Waals surface area contributed by atoms with Gasteiger partial charge in [-0.2, -0.15) is 0 Å². The molecule has 0 saturated heterocycles. The Morgan fingerprint density at radius 1 is 1.33 bits per heavy atom. The summed E-state index contributed by atoms with van der Waals surface area (Å²) in [7, 11) is 2.01. The maximum absolute atomic E-state index is 11.2. The number of hydrogen-bond acceptors (Lipinski definition) is 1. The molecule has 2 aromatic rings. The molecule has 1 aliphatic carbocycles. The number of hydrogen-bond donors (Lipinski definition) is 1. The van der Waals surface area contributed by atoms with Crippen LogP contribution in [0.5, 0.6) is 0 Å². The van der Waals surface area contributed by atoms with E-state index in [-0.39, 0.29) is 17.3 Å². The minimum absolute atomic E-state index is 0.134. The number of fused-ring (bicyclic) bond motifs is 1. The van der Waals surface area contributed by atoms with E-state index in [1.165, 1.54) is 10.9 Å². The van der Waals surface area contributed by atoms with Gasteiger partial charge in [0.2, 0.25) is 0 Å². The fourth-order valence-electron chi connectivity index (χ4n) is 3.19. The Labute approximate surface area is 106 Å². The molecule has 0 bridgehead atoms. The fourth-order valence-corrected chi connectivity index (χ4v) is 3.19. The van der Waals surface area contributed by atoms with Crippen LogP contribution < -0.4 is 0 Å². The van der Waals surface area contributed by atoms with Crippen LogP contribution in [-0.2, 0) is 11.8 Å². The van der Waals surface area contributed by atoms with E-state index in [0.29, 0.717) is 0 Å². The van der Waals surface area contributed by atoms with Crippen molar-refractivity contribution in [3.05, 3.63) is 36.0 Å². The molecule has 1 N–H and O–H groups in total. The van der Waals surface area contributed by atoms with Gasteiger partial charge in [-0.25, -0.2) is 0 Å². The lowest BCUT2D eigenvalue weighted by molar-refractivity contribution is -0.139. The zero-order valence-electron chi connectivity index (χ0n) is 10.8. The first-order chi connectivity index (χ1) is 8.43. The quantitative estimate of drug-likeness (QED) is 0.881. The maximum Gasteiger partial charge on any atom is 0.307 e. The van der Waals surface area contributed by atoms with Gasteiger partial charge < -0.3 is 9.67 Å². The highest BCUT2D eigenvalue weighted by Gasteiger charge is 2.62. The van der Waals surface area contributed by atoms with E-state index in [4.69, 9.17) is 0 Å². The molecule has 0 radical (unpaired) electrons. The van der Waals surface area contributed by atoms with Crippen LogP contribution in [0.4, 0.5) is 0 Å². The highest BCUT2D eigenvalue weighted by Crippen LogP contribution is 2.64. The number of carboxylic acids is 1. The molecule has 18 heavy (non-hydrogen) atoms. The van der Waals surface area contributed by atoms with Crippen LogP contribution >= 0.6 is 0 Å². The molecule has 94 valence electrons. The van der Waals surface area contributed by atoms with Gasteiger partial charge >= 0.3 is 5.97 Å². The third-order valence-corrected chi connectivity index (χ3v) is 4.36. The third kappa shape index (κ3) is 1.40. The average molecular weight is 243 g/mol. The first kappa shape index (κ1) is 11.3. The number of nitrogens with zero attached hydrogens (tertiary/aromatic N) is 1. The molecule has 0 spiro atoms. The molecule has 3 rings (SSSR count). The average Bonchev–Trinajstić information content (AvgIpc) is 2.70. The second-order valence-corrected chi connectivity index (χ2v) is 5.86. The van der Waals surface area contributed by atoms with E-state index < -0.39 is 5.97 Å². The molecule has 0 unspecified atom stereocenters.